The highest BCUT2D eigenvalue weighted by molar-refractivity contribution is 6.31. The van der Waals surface area contributed by atoms with Crippen LogP contribution in [0.2, 0.25) is 5.02 Å². The zero-order valence-corrected chi connectivity index (χ0v) is 13.9. The molecule has 0 radical (unpaired) electrons. The van der Waals surface area contributed by atoms with Crippen molar-refractivity contribution < 1.29 is 14.3 Å². The number of anilines is 1. The van der Waals surface area contributed by atoms with Crippen LogP contribution in [0.5, 0.6) is 5.75 Å². The van der Waals surface area contributed by atoms with Crippen LogP contribution in [0.4, 0.5) is 5.69 Å². The lowest BCUT2D eigenvalue weighted by Crippen LogP contribution is -2.40. The third-order valence-corrected chi connectivity index (χ3v) is 4.46. The van der Waals surface area contributed by atoms with E-state index < -0.39 is 0 Å². The van der Waals surface area contributed by atoms with Gasteiger partial charge in [0.05, 0.1) is 12.8 Å². The maximum atomic E-state index is 12.4. The number of piperidine rings is 1. The van der Waals surface area contributed by atoms with Gasteiger partial charge in [0.25, 0.3) is 0 Å². The summed E-state index contributed by atoms with van der Waals surface area (Å²) in [4.78, 5) is 25.5. The number of nitrogens with zero attached hydrogens (tertiary/aromatic N) is 1. The largest absolute Gasteiger partial charge is 0.495 e. The van der Waals surface area contributed by atoms with Crippen molar-refractivity contribution in [1.82, 2.24) is 4.90 Å². The smallest absolute Gasteiger partial charge is 0.227 e. The highest BCUT2D eigenvalue weighted by atomic mass is 35.5. The minimum Gasteiger partial charge on any atom is -0.495 e. The first-order valence-corrected chi connectivity index (χ1v) is 7.70. The second-order valence-electron chi connectivity index (χ2n) is 5.57. The molecular weight excluding hydrogens is 304 g/mol. The molecule has 1 aliphatic heterocycles. The van der Waals surface area contributed by atoms with Gasteiger partial charge in [-0.05, 0) is 31.4 Å². The average Bonchev–Trinajstić information content (AvgIpc) is 2.50. The Morgan fingerprint density at radius 3 is 2.50 bits per heavy atom. The third-order valence-electron chi connectivity index (χ3n) is 4.05. The standard InChI is InChI=1S/C16H21ClN2O3/c1-10-8-14(15(22-3)9-13(10)17)18-16(21)12-4-6-19(7-5-12)11(2)20/h8-9,12H,4-7H2,1-3H3,(H,18,21). The molecule has 1 N–H and O–H groups in total. The Kier molecular flexibility index (Phi) is 5.29. The summed E-state index contributed by atoms with van der Waals surface area (Å²) in [5, 5.41) is 3.52. The van der Waals surface area contributed by atoms with Crippen LogP contribution < -0.4 is 10.1 Å². The summed E-state index contributed by atoms with van der Waals surface area (Å²) in [5.74, 6) is 0.485. The minimum atomic E-state index is -0.0868. The molecule has 5 nitrogen and oxygen atoms in total. The Morgan fingerprint density at radius 2 is 1.95 bits per heavy atom. The summed E-state index contributed by atoms with van der Waals surface area (Å²) in [6.07, 6.45) is 1.36. The van der Waals surface area contributed by atoms with Crippen molar-refractivity contribution in [3.05, 3.63) is 22.7 Å². The first kappa shape index (κ1) is 16.6. The zero-order valence-electron chi connectivity index (χ0n) is 13.1. The van der Waals surface area contributed by atoms with Gasteiger partial charge in [-0.3, -0.25) is 9.59 Å². The molecule has 120 valence electrons. The Bertz CT molecular complexity index is 581. The summed E-state index contributed by atoms with van der Waals surface area (Å²) in [5.41, 5.74) is 1.51. The highest BCUT2D eigenvalue weighted by Crippen LogP contribution is 2.31. The number of methoxy groups -OCH3 is 1. The molecule has 0 aliphatic carbocycles. The van der Waals surface area contributed by atoms with E-state index in [9.17, 15) is 9.59 Å². The number of rotatable bonds is 3. The molecule has 1 heterocycles. The van der Waals surface area contributed by atoms with E-state index in [0.29, 0.717) is 42.4 Å². The van der Waals surface area contributed by atoms with Crippen LogP contribution in [0.1, 0.15) is 25.3 Å². The van der Waals surface area contributed by atoms with E-state index in [4.69, 9.17) is 16.3 Å². The molecule has 22 heavy (non-hydrogen) atoms. The van der Waals surface area contributed by atoms with Crippen molar-refractivity contribution in [3.8, 4) is 5.75 Å². The van der Waals surface area contributed by atoms with Crippen molar-refractivity contribution in [2.75, 3.05) is 25.5 Å². The first-order chi connectivity index (χ1) is 10.4. The molecule has 2 amide bonds. The minimum absolute atomic E-state index is 0.0387. The number of ether oxygens (including phenoxy) is 1. The van der Waals surface area contributed by atoms with Gasteiger partial charge in [0, 0.05) is 37.0 Å². The summed E-state index contributed by atoms with van der Waals surface area (Å²) in [7, 11) is 1.54. The number of aryl methyl sites for hydroxylation is 1. The number of carbonyl (C=O) groups is 2. The second kappa shape index (κ2) is 7.01. The lowest BCUT2D eigenvalue weighted by molar-refractivity contribution is -0.132. The number of benzene rings is 1. The van der Waals surface area contributed by atoms with Gasteiger partial charge in [-0.25, -0.2) is 0 Å². The average molecular weight is 325 g/mol. The monoisotopic (exact) mass is 324 g/mol. The van der Waals surface area contributed by atoms with E-state index in [2.05, 4.69) is 5.32 Å². The van der Waals surface area contributed by atoms with Crippen LogP contribution in [0.15, 0.2) is 12.1 Å². The van der Waals surface area contributed by atoms with Gasteiger partial charge in [-0.15, -0.1) is 0 Å². The SMILES string of the molecule is COc1cc(Cl)c(C)cc1NC(=O)C1CCN(C(C)=O)CC1. The van der Waals surface area contributed by atoms with Gasteiger partial charge < -0.3 is 15.0 Å². The molecule has 0 atom stereocenters. The fraction of sp³-hybridized carbons (Fsp3) is 0.500. The molecule has 6 heteroatoms. The van der Waals surface area contributed by atoms with Crippen LogP contribution >= 0.6 is 11.6 Å². The zero-order chi connectivity index (χ0) is 16.3. The van der Waals surface area contributed by atoms with E-state index in [1.807, 2.05) is 13.0 Å². The van der Waals surface area contributed by atoms with Crippen molar-refractivity contribution in [2.45, 2.75) is 26.7 Å². The molecule has 0 unspecified atom stereocenters. The quantitative estimate of drug-likeness (QED) is 0.930. The Hall–Kier alpha value is -1.75. The molecule has 0 spiro atoms. The number of nitrogens with one attached hydrogen (secondary N) is 1. The van der Waals surface area contributed by atoms with Crippen LogP contribution in [-0.2, 0) is 9.59 Å². The first-order valence-electron chi connectivity index (χ1n) is 7.33. The predicted octanol–water partition coefficient (Wildman–Crippen LogP) is 2.85. The maximum absolute atomic E-state index is 12.4. The summed E-state index contributed by atoms with van der Waals surface area (Å²) >= 11 is 6.07. The molecule has 1 aromatic carbocycles. The third kappa shape index (κ3) is 3.71. The van der Waals surface area contributed by atoms with Gasteiger partial charge in [0.1, 0.15) is 5.75 Å². The van der Waals surface area contributed by atoms with Gasteiger partial charge >= 0.3 is 0 Å². The fourth-order valence-corrected chi connectivity index (χ4v) is 2.77. The van der Waals surface area contributed by atoms with Gasteiger partial charge in [-0.1, -0.05) is 11.6 Å². The molecule has 1 aliphatic rings. The van der Waals surface area contributed by atoms with Crippen molar-refractivity contribution >= 4 is 29.1 Å². The predicted molar refractivity (Wildman–Crippen MR) is 86.3 cm³/mol. The molecular formula is C16H21ClN2O3. The number of hydrogen-bond donors (Lipinski definition) is 1. The maximum Gasteiger partial charge on any atom is 0.227 e. The fourth-order valence-electron chi connectivity index (χ4n) is 2.62. The summed E-state index contributed by atoms with van der Waals surface area (Å²) < 4.78 is 5.27. The van der Waals surface area contributed by atoms with Crippen molar-refractivity contribution in [1.29, 1.82) is 0 Å². The number of carbonyl (C=O) groups excluding carboxylic acids is 2. The Labute approximate surface area is 135 Å². The van der Waals surface area contributed by atoms with Gasteiger partial charge in [-0.2, -0.15) is 0 Å². The van der Waals surface area contributed by atoms with E-state index in [1.165, 1.54) is 0 Å². The van der Waals surface area contributed by atoms with E-state index in [1.54, 1.807) is 25.0 Å². The number of amides is 2. The van der Waals surface area contributed by atoms with E-state index in [-0.39, 0.29) is 17.7 Å². The molecule has 0 saturated carbocycles. The van der Waals surface area contributed by atoms with Crippen LogP contribution in [-0.4, -0.2) is 36.9 Å². The number of likely N-dealkylation sites (tertiary alicyclic amines) is 1. The van der Waals surface area contributed by atoms with Crippen LogP contribution in [0, 0.1) is 12.8 Å². The number of hydrogen-bond acceptors (Lipinski definition) is 3. The highest BCUT2D eigenvalue weighted by Gasteiger charge is 2.26. The molecule has 1 fully saturated rings. The lowest BCUT2D eigenvalue weighted by Gasteiger charge is -2.30. The van der Waals surface area contributed by atoms with Crippen molar-refractivity contribution in [3.63, 3.8) is 0 Å². The second-order valence-corrected chi connectivity index (χ2v) is 5.98. The summed E-state index contributed by atoms with van der Waals surface area (Å²) in [6, 6.07) is 3.51. The Balaban J connectivity index is 2.04. The summed E-state index contributed by atoms with van der Waals surface area (Å²) in [6.45, 7) is 4.69. The molecule has 1 saturated heterocycles. The molecule has 1 aromatic rings. The lowest BCUT2D eigenvalue weighted by atomic mass is 9.95. The van der Waals surface area contributed by atoms with E-state index in [0.717, 1.165) is 5.56 Å². The van der Waals surface area contributed by atoms with Gasteiger partial charge in [0.15, 0.2) is 0 Å². The molecule has 2 rings (SSSR count). The molecule has 0 bridgehead atoms. The van der Waals surface area contributed by atoms with Crippen molar-refractivity contribution in [2.24, 2.45) is 5.92 Å². The topological polar surface area (TPSA) is 58.6 Å². The molecule has 0 aromatic heterocycles. The van der Waals surface area contributed by atoms with Gasteiger partial charge in [0.2, 0.25) is 11.8 Å². The Morgan fingerprint density at radius 1 is 1.32 bits per heavy atom. The van der Waals surface area contributed by atoms with E-state index >= 15 is 0 Å². The van der Waals surface area contributed by atoms with Crippen LogP contribution in [0.3, 0.4) is 0 Å². The van der Waals surface area contributed by atoms with Crippen LogP contribution in [0.25, 0.3) is 0 Å². The number of halogens is 1. The normalized spacial score (nSPS) is 15.5.